The normalized spacial score (nSPS) is 18.9. The van der Waals surface area contributed by atoms with Crippen LogP contribution in [-0.4, -0.2) is 34.4 Å². The molecule has 1 aromatic carbocycles. The molecule has 0 saturated carbocycles. The Morgan fingerprint density at radius 2 is 1.85 bits per heavy atom. The van der Waals surface area contributed by atoms with Gasteiger partial charge in [-0.25, -0.2) is 0 Å². The number of nitrogens with one attached hydrogen (secondary N) is 1. The minimum atomic E-state index is 0.567. The quantitative estimate of drug-likeness (QED) is 0.868. The third-order valence-electron chi connectivity index (χ3n) is 3.87. The Labute approximate surface area is 121 Å². The fourth-order valence-electron chi connectivity index (χ4n) is 2.88. The van der Waals surface area contributed by atoms with Gasteiger partial charge in [0.25, 0.3) is 0 Å². The fraction of sp³-hybridized carbons (Fsp3) is 0.625. The third kappa shape index (κ3) is 3.64. The molecule has 1 heterocycles. The summed E-state index contributed by atoms with van der Waals surface area (Å²) in [6.07, 6.45) is 3.50. The first-order valence-corrected chi connectivity index (χ1v) is 7.22. The van der Waals surface area contributed by atoms with Gasteiger partial charge in [-0.1, -0.05) is 0 Å². The molecule has 4 nitrogen and oxygen atoms in total. The largest absolute Gasteiger partial charge is 0.496 e. The molecular formula is C16H25NO3. The van der Waals surface area contributed by atoms with Gasteiger partial charge in [0.15, 0.2) is 0 Å². The van der Waals surface area contributed by atoms with E-state index in [1.54, 1.807) is 21.3 Å². The second-order valence-corrected chi connectivity index (χ2v) is 5.33. The molecule has 1 atom stereocenters. The second-order valence-electron chi connectivity index (χ2n) is 5.33. The van der Waals surface area contributed by atoms with Gasteiger partial charge < -0.3 is 19.5 Å². The number of benzene rings is 1. The minimum Gasteiger partial charge on any atom is -0.496 e. The molecule has 2 rings (SSSR count). The maximum absolute atomic E-state index is 5.56. The SMILES string of the molecule is COCc1cc(OC)c(CC2CCCNC2)c(OC)c1. The molecule has 1 fully saturated rings. The van der Waals surface area contributed by atoms with Gasteiger partial charge in [-0.2, -0.15) is 0 Å². The molecule has 1 aliphatic rings. The molecule has 4 heteroatoms. The Morgan fingerprint density at radius 1 is 1.15 bits per heavy atom. The van der Waals surface area contributed by atoms with E-state index >= 15 is 0 Å². The van der Waals surface area contributed by atoms with E-state index in [2.05, 4.69) is 17.4 Å². The van der Waals surface area contributed by atoms with Crippen molar-refractivity contribution in [2.75, 3.05) is 34.4 Å². The van der Waals surface area contributed by atoms with E-state index in [1.807, 2.05) is 0 Å². The van der Waals surface area contributed by atoms with E-state index in [1.165, 1.54) is 18.4 Å². The van der Waals surface area contributed by atoms with Gasteiger partial charge in [0.05, 0.1) is 20.8 Å². The Bertz CT molecular complexity index is 403. The van der Waals surface area contributed by atoms with Crippen LogP contribution in [0.4, 0.5) is 0 Å². The van der Waals surface area contributed by atoms with Crippen LogP contribution in [-0.2, 0) is 17.8 Å². The first kappa shape index (κ1) is 15.1. The number of ether oxygens (including phenoxy) is 3. The first-order valence-electron chi connectivity index (χ1n) is 7.22. The van der Waals surface area contributed by atoms with Crippen LogP contribution in [0, 0.1) is 5.92 Å². The average Bonchev–Trinajstić information content (AvgIpc) is 2.49. The number of hydrogen-bond acceptors (Lipinski definition) is 4. The highest BCUT2D eigenvalue weighted by molar-refractivity contribution is 5.48. The topological polar surface area (TPSA) is 39.7 Å². The highest BCUT2D eigenvalue weighted by Crippen LogP contribution is 2.34. The maximum Gasteiger partial charge on any atom is 0.126 e. The van der Waals surface area contributed by atoms with Gasteiger partial charge >= 0.3 is 0 Å². The van der Waals surface area contributed by atoms with Crippen molar-refractivity contribution in [2.45, 2.75) is 25.9 Å². The maximum atomic E-state index is 5.56. The highest BCUT2D eigenvalue weighted by Gasteiger charge is 2.19. The van der Waals surface area contributed by atoms with Crippen molar-refractivity contribution in [1.82, 2.24) is 5.32 Å². The van der Waals surface area contributed by atoms with Crippen LogP contribution in [0.3, 0.4) is 0 Å². The lowest BCUT2D eigenvalue weighted by Crippen LogP contribution is -2.31. The molecule has 0 aromatic heterocycles. The average molecular weight is 279 g/mol. The monoisotopic (exact) mass is 279 g/mol. The minimum absolute atomic E-state index is 0.567. The standard InChI is InChI=1S/C16H25NO3/c1-18-11-13-8-15(19-2)14(16(9-13)20-3)7-12-5-4-6-17-10-12/h8-9,12,17H,4-7,10-11H2,1-3H3. The summed E-state index contributed by atoms with van der Waals surface area (Å²) in [5, 5.41) is 3.46. The van der Waals surface area contributed by atoms with Crippen LogP contribution < -0.4 is 14.8 Å². The number of rotatable bonds is 6. The number of methoxy groups -OCH3 is 3. The molecule has 1 saturated heterocycles. The Kier molecular flexibility index (Phi) is 5.68. The van der Waals surface area contributed by atoms with E-state index in [0.29, 0.717) is 12.5 Å². The Balaban J connectivity index is 2.24. The Hall–Kier alpha value is -1.26. The van der Waals surface area contributed by atoms with Crippen molar-refractivity contribution < 1.29 is 14.2 Å². The molecule has 0 amide bonds. The van der Waals surface area contributed by atoms with Gasteiger partial charge in [-0.3, -0.25) is 0 Å². The van der Waals surface area contributed by atoms with E-state index in [4.69, 9.17) is 14.2 Å². The van der Waals surface area contributed by atoms with Gasteiger partial charge in [0, 0.05) is 12.7 Å². The second kappa shape index (κ2) is 7.50. The van der Waals surface area contributed by atoms with Crippen LogP contribution in [0.2, 0.25) is 0 Å². The van der Waals surface area contributed by atoms with Crippen LogP contribution >= 0.6 is 0 Å². The van der Waals surface area contributed by atoms with Crippen LogP contribution in [0.5, 0.6) is 11.5 Å². The summed E-state index contributed by atoms with van der Waals surface area (Å²) in [7, 11) is 5.13. The zero-order chi connectivity index (χ0) is 14.4. The van der Waals surface area contributed by atoms with Crippen molar-refractivity contribution in [1.29, 1.82) is 0 Å². The van der Waals surface area contributed by atoms with Crippen molar-refractivity contribution in [3.05, 3.63) is 23.3 Å². The van der Waals surface area contributed by atoms with Crippen molar-refractivity contribution in [2.24, 2.45) is 5.92 Å². The molecule has 20 heavy (non-hydrogen) atoms. The summed E-state index contributed by atoms with van der Waals surface area (Å²) in [6.45, 7) is 2.78. The fourth-order valence-corrected chi connectivity index (χ4v) is 2.88. The summed E-state index contributed by atoms with van der Waals surface area (Å²) in [5.74, 6) is 2.46. The van der Waals surface area contributed by atoms with E-state index in [9.17, 15) is 0 Å². The van der Waals surface area contributed by atoms with Crippen molar-refractivity contribution >= 4 is 0 Å². The zero-order valence-electron chi connectivity index (χ0n) is 12.7. The van der Waals surface area contributed by atoms with E-state index in [0.717, 1.165) is 36.6 Å². The Morgan fingerprint density at radius 3 is 2.35 bits per heavy atom. The first-order chi connectivity index (χ1) is 9.78. The lowest BCUT2D eigenvalue weighted by Gasteiger charge is -2.24. The molecule has 0 bridgehead atoms. The lowest BCUT2D eigenvalue weighted by molar-refractivity contribution is 0.184. The van der Waals surface area contributed by atoms with Crippen molar-refractivity contribution in [3.8, 4) is 11.5 Å². The molecule has 1 unspecified atom stereocenters. The van der Waals surface area contributed by atoms with Crippen LogP contribution in [0.25, 0.3) is 0 Å². The molecule has 0 spiro atoms. The molecule has 112 valence electrons. The van der Waals surface area contributed by atoms with Gasteiger partial charge in [-0.15, -0.1) is 0 Å². The van der Waals surface area contributed by atoms with Crippen LogP contribution in [0.1, 0.15) is 24.0 Å². The number of hydrogen-bond donors (Lipinski definition) is 1. The lowest BCUT2D eigenvalue weighted by atomic mass is 9.91. The van der Waals surface area contributed by atoms with Crippen molar-refractivity contribution in [3.63, 3.8) is 0 Å². The molecule has 0 aliphatic carbocycles. The summed E-state index contributed by atoms with van der Waals surface area (Å²) in [6, 6.07) is 4.11. The van der Waals surface area contributed by atoms with E-state index in [-0.39, 0.29) is 0 Å². The summed E-state index contributed by atoms with van der Waals surface area (Å²) in [4.78, 5) is 0. The summed E-state index contributed by atoms with van der Waals surface area (Å²) >= 11 is 0. The van der Waals surface area contributed by atoms with E-state index < -0.39 is 0 Å². The third-order valence-corrected chi connectivity index (χ3v) is 3.87. The molecular weight excluding hydrogens is 254 g/mol. The van der Waals surface area contributed by atoms with Gasteiger partial charge in [0.2, 0.25) is 0 Å². The summed E-state index contributed by atoms with van der Waals surface area (Å²) < 4.78 is 16.3. The molecule has 1 N–H and O–H groups in total. The van der Waals surface area contributed by atoms with Gasteiger partial charge in [-0.05, 0) is 56.0 Å². The highest BCUT2D eigenvalue weighted by atomic mass is 16.5. The molecule has 1 aromatic rings. The zero-order valence-corrected chi connectivity index (χ0v) is 12.7. The smallest absolute Gasteiger partial charge is 0.126 e. The van der Waals surface area contributed by atoms with Gasteiger partial charge in [0.1, 0.15) is 11.5 Å². The predicted molar refractivity (Wildman–Crippen MR) is 79.6 cm³/mol. The summed E-state index contributed by atoms with van der Waals surface area (Å²) in [5.41, 5.74) is 2.25. The predicted octanol–water partition coefficient (Wildman–Crippen LogP) is 2.39. The van der Waals surface area contributed by atoms with Crippen LogP contribution in [0.15, 0.2) is 12.1 Å². The molecule has 0 radical (unpaired) electrons. The number of piperidine rings is 1. The molecule has 1 aliphatic heterocycles.